The van der Waals surface area contributed by atoms with Crippen LogP contribution in [-0.4, -0.2) is 26.2 Å². The molecule has 152 valence electrons. The fraction of sp³-hybridized carbons (Fsp3) is 0.250. The Morgan fingerprint density at radius 1 is 1.13 bits per heavy atom. The highest BCUT2D eigenvalue weighted by atomic mass is 16.3. The van der Waals surface area contributed by atoms with E-state index in [1.807, 2.05) is 29.0 Å². The number of benzene rings is 1. The SMILES string of the molecule is CC1(C)CNCc2cc(-n3cc4ccnc(NCc5ccncc5)c4c3O)ccc21. The highest BCUT2D eigenvalue weighted by Gasteiger charge is 2.27. The van der Waals surface area contributed by atoms with E-state index in [0.29, 0.717) is 12.4 Å². The summed E-state index contributed by atoms with van der Waals surface area (Å²) in [5.41, 5.74) is 4.79. The van der Waals surface area contributed by atoms with E-state index in [9.17, 15) is 5.11 Å². The van der Waals surface area contributed by atoms with Crippen molar-refractivity contribution in [1.29, 1.82) is 0 Å². The molecule has 1 aliphatic rings. The van der Waals surface area contributed by atoms with Gasteiger partial charge in [-0.15, -0.1) is 0 Å². The highest BCUT2D eigenvalue weighted by molar-refractivity contribution is 5.97. The number of nitrogens with zero attached hydrogens (tertiary/aromatic N) is 3. The zero-order chi connectivity index (χ0) is 20.7. The van der Waals surface area contributed by atoms with Crippen molar-refractivity contribution < 1.29 is 5.11 Å². The Balaban J connectivity index is 1.53. The minimum atomic E-state index is 0.101. The third-order valence-corrected chi connectivity index (χ3v) is 5.89. The summed E-state index contributed by atoms with van der Waals surface area (Å²) in [5.74, 6) is 0.861. The molecule has 0 aliphatic carbocycles. The van der Waals surface area contributed by atoms with E-state index in [2.05, 4.69) is 52.6 Å². The lowest BCUT2D eigenvalue weighted by molar-refractivity contribution is 0.434. The third-order valence-electron chi connectivity index (χ3n) is 5.89. The maximum absolute atomic E-state index is 11.1. The first-order valence-corrected chi connectivity index (χ1v) is 10.2. The monoisotopic (exact) mass is 399 g/mol. The maximum Gasteiger partial charge on any atom is 0.207 e. The van der Waals surface area contributed by atoms with E-state index < -0.39 is 0 Å². The van der Waals surface area contributed by atoms with Gasteiger partial charge in [0.05, 0.1) is 5.39 Å². The predicted octanol–water partition coefficient (Wildman–Crippen LogP) is 4.12. The molecule has 3 N–H and O–H groups in total. The number of pyridine rings is 2. The molecule has 4 heterocycles. The van der Waals surface area contributed by atoms with Crippen molar-refractivity contribution in [2.75, 3.05) is 11.9 Å². The smallest absolute Gasteiger partial charge is 0.207 e. The van der Waals surface area contributed by atoms with Crippen LogP contribution in [0.15, 0.2) is 61.2 Å². The van der Waals surface area contributed by atoms with Crippen LogP contribution in [0, 0.1) is 0 Å². The molecule has 0 bridgehead atoms. The van der Waals surface area contributed by atoms with Crippen molar-refractivity contribution in [3.63, 3.8) is 0 Å². The van der Waals surface area contributed by atoms with Crippen LogP contribution in [0.4, 0.5) is 5.82 Å². The summed E-state index contributed by atoms with van der Waals surface area (Å²) in [6.45, 7) is 6.93. The topological polar surface area (TPSA) is 75.0 Å². The van der Waals surface area contributed by atoms with Gasteiger partial charge in [0.15, 0.2) is 0 Å². The van der Waals surface area contributed by atoms with Crippen LogP contribution in [-0.2, 0) is 18.5 Å². The number of hydrogen-bond donors (Lipinski definition) is 3. The zero-order valence-corrected chi connectivity index (χ0v) is 17.2. The Bertz CT molecular complexity index is 1210. The molecule has 0 atom stereocenters. The number of aromatic nitrogens is 3. The molecule has 5 rings (SSSR count). The fourth-order valence-electron chi connectivity index (χ4n) is 4.30. The maximum atomic E-state index is 11.1. The van der Waals surface area contributed by atoms with E-state index in [1.165, 1.54) is 11.1 Å². The lowest BCUT2D eigenvalue weighted by Crippen LogP contribution is -2.38. The third kappa shape index (κ3) is 3.19. The number of nitrogens with one attached hydrogen (secondary N) is 2. The molecule has 4 aromatic rings. The molecule has 0 saturated heterocycles. The van der Waals surface area contributed by atoms with Crippen LogP contribution in [0.1, 0.15) is 30.5 Å². The molecule has 0 saturated carbocycles. The minimum absolute atomic E-state index is 0.101. The summed E-state index contributed by atoms with van der Waals surface area (Å²) in [6.07, 6.45) is 7.27. The van der Waals surface area contributed by atoms with Crippen molar-refractivity contribution in [2.45, 2.75) is 32.4 Å². The van der Waals surface area contributed by atoms with Gasteiger partial charge in [-0.1, -0.05) is 19.9 Å². The Labute approximate surface area is 175 Å². The number of aromatic hydroxyl groups is 1. The van der Waals surface area contributed by atoms with Gasteiger partial charge >= 0.3 is 0 Å². The molecule has 0 unspecified atom stereocenters. The molecular weight excluding hydrogens is 374 g/mol. The molecule has 30 heavy (non-hydrogen) atoms. The number of anilines is 1. The van der Waals surface area contributed by atoms with Crippen LogP contribution in [0.25, 0.3) is 16.5 Å². The fourth-order valence-corrected chi connectivity index (χ4v) is 4.30. The van der Waals surface area contributed by atoms with Gasteiger partial charge in [-0.2, -0.15) is 0 Å². The van der Waals surface area contributed by atoms with Crippen LogP contribution in [0.3, 0.4) is 0 Å². The highest BCUT2D eigenvalue weighted by Crippen LogP contribution is 2.36. The molecule has 0 amide bonds. The van der Waals surface area contributed by atoms with Crippen LogP contribution >= 0.6 is 0 Å². The van der Waals surface area contributed by atoms with E-state index in [4.69, 9.17) is 0 Å². The van der Waals surface area contributed by atoms with Crippen LogP contribution in [0.2, 0.25) is 0 Å². The van der Waals surface area contributed by atoms with E-state index in [-0.39, 0.29) is 11.3 Å². The van der Waals surface area contributed by atoms with Crippen LogP contribution < -0.4 is 10.6 Å². The quantitative estimate of drug-likeness (QED) is 0.481. The van der Waals surface area contributed by atoms with Gasteiger partial charge in [0.25, 0.3) is 0 Å². The first-order valence-electron chi connectivity index (χ1n) is 10.2. The van der Waals surface area contributed by atoms with Gasteiger partial charge in [0.2, 0.25) is 5.88 Å². The Morgan fingerprint density at radius 3 is 2.80 bits per heavy atom. The Hall–Kier alpha value is -3.38. The first kappa shape index (κ1) is 18.6. The predicted molar refractivity (Wildman–Crippen MR) is 119 cm³/mol. The average molecular weight is 399 g/mol. The van der Waals surface area contributed by atoms with Crippen LogP contribution in [0.5, 0.6) is 5.88 Å². The summed E-state index contributed by atoms with van der Waals surface area (Å²) in [4.78, 5) is 8.52. The number of rotatable bonds is 4. The van der Waals surface area contributed by atoms with Gasteiger partial charge in [-0.05, 0) is 47.0 Å². The van der Waals surface area contributed by atoms with Gasteiger partial charge in [0.1, 0.15) is 5.82 Å². The molecule has 0 spiro atoms. The summed E-state index contributed by atoms with van der Waals surface area (Å²) < 4.78 is 1.84. The van der Waals surface area contributed by atoms with Crippen molar-refractivity contribution in [3.05, 3.63) is 77.9 Å². The second kappa shape index (κ2) is 7.15. The summed E-state index contributed by atoms with van der Waals surface area (Å²) >= 11 is 0. The molecule has 3 aromatic heterocycles. The molecule has 6 heteroatoms. The lowest BCUT2D eigenvalue weighted by atomic mass is 9.79. The number of hydrogen-bond acceptors (Lipinski definition) is 5. The normalized spacial score (nSPS) is 15.1. The zero-order valence-electron chi connectivity index (χ0n) is 17.2. The van der Waals surface area contributed by atoms with Gasteiger partial charge in [0, 0.05) is 60.9 Å². The van der Waals surface area contributed by atoms with Crippen molar-refractivity contribution in [2.24, 2.45) is 0 Å². The van der Waals surface area contributed by atoms with Gasteiger partial charge in [-0.25, -0.2) is 4.98 Å². The van der Waals surface area contributed by atoms with Crippen molar-refractivity contribution in [3.8, 4) is 11.6 Å². The largest absolute Gasteiger partial charge is 0.494 e. The molecular formula is C24H25N5O. The molecule has 6 nitrogen and oxygen atoms in total. The van der Waals surface area contributed by atoms with E-state index in [0.717, 1.165) is 35.1 Å². The van der Waals surface area contributed by atoms with Gasteiger partial charge in [-0.3, -0.25) is 9.55 Å². The second-order valence-corrected chi connectivity index (χ2v) is 8.48. The summed E-state index contributed by atoms with van der Waals surface area (Å²) in [7, 11) is 0. The molecule has 1 aliphatic heterocycles. The van der Waals surface area contributed by atoms with E-state index in [1.54, 1.807) is 18.6 Å². The molecule has 0 radical (unpaired) electrons. The molecule has 1 aromatic carbocycles. The Kier molecular flexibility index (Phi) is 4.44. The number of fused-ring (bicyclic) bond motifs is 2. The standard InChI is InChI=1S/C24H25N5O/c1-24(2)15-26-13-18-11-19(3-4-20(18)24)29-14-17-7-10-27-22(21(17)23(29)30)28-12-16-5-8-25-9-6-16/h3-11,14,26,30H,12-13,15H2,1-2H3,(H,27,28). The average Bonchev–Trinajstić information content (AvgIpc) is 3.10. The first-order chi connectivity index (χ1) is 14.5. The summed E-state index contributed by atoms with van der Waals surface area (Å²) in [6, 6.07) is 12.3. The second-order valence-electron chi connectivity index (χ2n) is 8.48. The van der Waals surface area contributed by atoms with Crippen molar-refractivity contribution in [1.82, 2.24) is 19.9 Å². The van der Waals surface area contributed by atoms with Gasteiger partial charge < -0.3 is 15.7 Å². The Morgan fingerprint density at radius 2 is 1.97 bits per heavy atom. The minimum Gasteiger partial charge on any atom is -0.494 e. The van der Waals surface area contributed by atoms with Crippen molar-refractivity contribution >= 4 is 16.6 Å². The lowest BCUT2D eigenvalue weighted by Gasteiger charge is -2.33. The van der Waals surface area contributed by atoms with E-state index >= 15 is 0 Å². The summed E-state index contributed by atoms with van der Waals surface area (Å²) in [5, 5.41) is 19.6. The molecule has 0 fully saturated rings.